The third kappa shape index (κ3) is 4.67. The number of rotatable bonds is 6. The maximum atomic E-state index is 5.53. The fourth-order valence-electron chi connectivity index (χ4n) is 1.59. The van der Waals surface area contributed by atoms with Gasteiger partial charge in [-0.1, -0.05) is 32.0 Å². The number of nitrogens with zero attached hydrogens (tertiary/aromatic N) is 2. The summed E-state index contributed by atoms with van der Waals surface area (Å²) in [6, 6.07) is 9.90. The van der Waals surface area contributed by atoms with Crippen LogP contribution in [0.2, 0.25) is 0 Å². The summed E-state index contributed by atoms with van der Waals surface area (Å²) < 4.78 is 5.53. The van der Waals surface area contributed by atoms with Gasteiger partial charge in [-0.15, -0.1) is 0 Å². The molecule has 2 aromatic rings. The fourth-order valence-corrected chi connectivity index (χ4v) is 1.59. The van der Waals surface area contributed by atoms with Gasteiger partial charge in [-0.05, 0) is 24.6 Å². The lowest BCUT2D eigenvalue weighted by molar-refractivity contribution is 0.440. The predicted octanol–water partition coefficient (Wildman–Crippen LogP) is 3.01. The molecular formula is C15H19N3O. The van der Waals surface area contributed by atoms with Crippen LogP contribution in [0.25, 0.3) is 0 Å². The number of nitrogens with one attached hydrogen (secondary N) is 1. The van der Waals surface area contributed by atoms with Gasteiger partial charge in [0.15, 0.2) is 0 Å². The Balaban J connectivity index is 1.88. The van der Waals surface area contributed by atoms with Crippen LogP contribution in [0, 0.1) is 5.92 Å². The van der Waals surface area contributed by atoms with Crippen LogP contribution in [0.1, 0.15) is 19.4 Å². The average molecular weight is 257 g/mol. The Morgan fingerprint density at radius 1 is 1.11 bits per heavy atom. The second kappa shape index (κ2) is 6.85. The van der Waals surface area contributed by atoms with Crippen molar-refractivity contribution >= 4 is 0 Å². The maximum absolute atomic E-state index is 5.53. The van der Waals surface area contributed by atoms with Gasteiger partial charge in [-0.25, -0.2) is 9.97 Å². The van der Waals surface area contributed by atoms with E-state index in [9.17, 15) is 0 Å². The van der Waals surface area contributed by atoms with Crippen LogP contribution in [-0.4, -0.2) is 16.5 Å². The van der Waals surface area contributed by atoms with Crippen molar-refractivity contribution in [2.75, 3.05) is 6.54 Å². The molecule has 0 aliphatic carbocycles. The molecule has 0 bridgehead atoms. The minimum absolute atomic E-state index is 0.374. The van der Waals surface area contributed by atoms with Crippen molar-refractivity contribution < 1.29 is 4.74 Å². The first-order chi connectivity index (χ1) is 9.24. The summed E-state index contributed by atoms with van der Waals surface area (Å²) in [6.45, 7) is 6.13. The van der Waals surface area contributed by atoms with Gasteiger partial charge in [0.1, 0.15) is 5.75 Å². The minimum Gasteiger partial charge on any atom is -0.424 e. The van der Waals surface area contributed by atoms with E-state index in [1.165, 1.54) is 0 Å². The van der Waals surface area contributed by atoms with Crippen molar-refractivity contribution in [3.63, 3.8) is 0 Å². The molecular weight excluding hydrogens is 238 g/mol. The lowest BCUT2D eigenvalue weighted by Gasteiger charge is -2.07. The first-order valence-corrected chi connectivity index (χ1v) is 6.48. The van der Waals surface area contributed by atoms with Gasteiger partial charge < -0.3 is 10.1 Å². The molecule has 0 aliphatic heterocycles. The Morgan fingerprint density at radius 3 is 2.42 bits per heavy atom. The number of ether oxygens (including phenoxy) is 1. The number of aromatic nitrogens is 2. The smallest absolute Gasteiger partial charge is 0.321 e. The van der Waals surface area contributed by atoms with Gasteiger partial charge in [0.2, 0.25) is 0 Å². The number of hydrogen-bond acceptors (Lipinski definition) is 4. The van der Waals surface area contributed by atoms with Gasteiger partial charge in [0.05, 0.1) is 0 Å². The molecule has 1 aromatic carbocycles. The highest BCUT2D eigenvalue weighted by Gasteiger charge is 2.01. The third-order valence-corrected chi connectivity index (χ3v) is 2.52. The van der Waals surface area contributed by atoms with Gasteiger partial charge in [-0.2, -0.15) is 0 Å². The molecule has 0 fully saturated rings. The molecule has 4 nitrogen and oxygen atoms in total. The van der Waals surface area contributed by atoms with Gasteiger partial charge in [0.25, 0.3) is 0 Å². The van der Waals surface area contributed by atoms with E-state index in [-0.39, 0.29) is 0 Å². The molecule has 2 rings (SSSR count). The molecule has 0 radical (unpaired) electrons. The molecule has 0 amide bonds. The van der Waals surface area contributed by atoms with E-state index in [4.69, 9.17) is 4.74 Å². The van der Waals surface area contributed by atoms with E-state index in [0.717, 1.165) is 24.4 Å². The molecule has 1 aromatic heterocycles. The number of para-hydroxylation sites is 1. The zero-order valence-corrected chi connectivity index (χ0v) is 11.3. The molecule has 0 aliphatic rings. The Bertz CT molecular complexity index is 483. The molecule has 0 saturated heterocycles. The van der Waals surface area contributed by atoms with Crippen LogP contribution in [0.5, 0.6) is 11.8 Å². The molecule has 4 heteroatoms. The van der Waals surface area contributed by atoms with Crippen molar-refractivity contribution in [3.05, 3.63) is 48.3 Å². The second-order valence-electron chi connectivity index (χ2n) is 4.81. The van der Waals surface area contributed by atoms with Gasteiger partial charge in [-0.3, -0.25) is 0 Å². The summed E-state index contributed by atoms with van der Waals surface area (Å²) in [5.74, 6) is 1.38. The Labute approximate surface area is 113 Å². The fraction of sp³-hybridized carbons (Fsp3) is 0.333. The lowest BCUT2D eigenvalue weighted by atomic mass is 10.2. The zero-order valence-electron chi connectivity index (χ0n) is 11.3. The molecule has 1 N–H and O–H groups in total. The van der Waals surface area contributed by atoms with E-state index >= 15 is 0 Å². The van der Waals surface area contributed by atoms with Crippen LogP contribution in [0.3, 0.4) is 0 Å². The Morgan fingerprint density at radius 2 is 1.79 bits per heavy atom. The van der Waals surface area contributed by atoms with Crippen LogP contribution in [0.15, 0.2) is 42.7 Å². The highest BCUT2D eigenvalue weighted by Crippen LogP contribution is 2.15. The molecule has 0 unspecified atom stereocenters. The van der Waals surface area contributed by atoms with E-state index in [1.54, 1.807) is 12.4 Å². The minimum atomic E-state index is 0.374. The summed E-state index contributed by atoms with van der Waals surface area (Å²) >= 11 is 0. The quantitative estimate of drug-likeness (QED) is 0.864. The van der Waals surface area contributed by atoms with Crippen LogP contribution < -0.4 is 10.1 Å². The molecule has 0 spiro atoms. The second-order valence-corrected chi connectivity index (χ2v) is 4.81. The molecule has 100 valence electrons. The molecule has 19 heavy (non-hydrogen) atoms. The molecule has 0 atom stereocenters. The van der Waals surface area contributed by atoms with Crippen molar-refractivity contribution in [2.45, 2.75) is 20.4 Å². The zero-order chi connectivity index (χ0) is 13.5. The van der Waals surface area contributed by atoms with Crippen LogP contribution in [0.4, 0.5) is 0 Å². The van der Waals surface area contributed by atoms with Crippen molar-refractivity contribution in [2.24, 2.45) is 5.92 Å². The van der Waals surface area contributed by atoms with Gasteiger partial charge in [0, 0.05) is 24.5 Å². The number of benzene rings is 1. The van der Waals surface area contributed by atoms with Crippen molar-refractivity contribution in [1.29, 1.82) is 0 Å². The summed E-state index contributed by atoms with van der Waals surface area (Å²) in [6.07, 6.45) is 3.58. The summed E-state index contributed by atoms with van der Waals surface area (Å²) in [4.78, 5) is 8.40. The summed E-state index contributed by atoms with van der Waals surface area (Å²) in [7, 11) is 0. The van der Waals surface area contributed by atoms with E-state index < -0.39 is 0 Å². The largest absolute Gasteiger partial charge is 0.424 e. The first-order valence-electron chi connectivity index (χ1n) is 6.48. The topological polar surface area (TPSA) is 47.0 Å². The first kappa shape index (κ1) is 13.5. The van der Waals surface area contributed by atoms with Crippen molar-refractivity contribution in [1.82, 2.24) is 15.3 Å². The van der Waals surface area contributed by atoms with E-state index in [1.807, 2.05) is 30.3 Å². The third-order valence-electron chi connectivity index (χ3n) is 2.52. The standard InChI is InChI=1S/C15H19N3O/c1-12(2)8-16-9-13-10-17-15(18-11-13)19-14-6-4-3-5-7-14/h3-7,10-12,16H,8-9H2,1-2H3. The SMILES string of the molecule is CC(C)CNCc1cnc(Oc2ccccc2)nc1. The maximum Gasteiger partial charge on any atom is 0.321 e. The predicted molar refractivity (Wildman–Crippen MR) is 75.1 cm³/mol. The van der Waals surface area contributed by atoms with E-state index in [2.05, 4.69) is 29.1 Å². The summed E-state index contributed by atoms with van der Waals surface area (Å²) in [5, 5.41) is 3.35. The average Bonchev–Trinajstić information content (AvgIpc) is 2.42. The Kier molecular flexibility index (Phi) is 4.86. The summed E-state index contributed by atoms with van der Waals surface area (Å²) in [5.41, 5.74) is 1.06. The van der Waals surface area contributed by atoms with Crippen molar-refractivity contribution in [3.8, 4) is 11.8 Å². The monoisotopic (exact) mass is 257 g/mol. The normalized spacial score (nSPS) is 10.7. The number of hydrogen-bond donors (Lipinski definition) is 1. The molecule has 1 heterocycles. The van der Waals surface area contributed by atoms with Crippen LogP contribution in [-0.2, 0) is 6.54 Å². The highest BCUT2D eigenvalue weighted by atomic mass is 16.5. The Hall–Kier alpha value is -1.94. The highest BCUT2D eigenvalue weighted by molar-refractivity contribution is 5.24. The lowest BCUT2D eigenvalue weighted by Crippen LogP contribution is -2.19. The van der Waals surface area contributed by atoms with Gasteiger partial charge >= 0.3 is 6.01 Å². The van der Waals surface area contributed by atoms with Crippen LogP contribution >= 0.6 is 0 Å². The van der Waals surface area contributed by atoms with E-state index in [0.29, 0.717) is 11.9 Å². The molecule has 0 saturated carbocycles.